The number of aromatic nitrogens is 2. The van der Waals surface area contributed by atoms with Crippen molar-refractivity contribution in [1.82, 2.24) is 10.2 Å². The van der Waals surface area contributed by atoms with E-state index in [0.717, 1.165) is 25.7 Å². The first-order valence-electron chi connectivity index (χ1n) is 5.09. The molecule has 0 saturated heterocycles. The standard InChI is InChI=1S/C10H10F3N3/c11-10(12,13)9-7(5-14)8(15-16-9)6-3-1-2-4-6/h6H,1-4H2,(H,15,16). The predicted octanol–water partition coefficient (Wildman–Crippen LogP) is 2.96. The van der Waals surface area contributed by atoms with Crippen molar-refractivity contribution >= 4 is 0 Å². The number of nitrogens with one attached hydrogen (secondary N) is 1. The molecule has 1 saturated carbocycles. The topological polar surface area (TPSA) is 52.5 Å². The molecule has 0 bridgehead atoms. The second kappa shape index (κ2) is 3.81. The highest BCUT2D eigenvalue weighted by Gasteiger charge is 2.39. The number of nitrogens with zero attached hydrogens (tertiary/aromatic N) is 2. The molecule has 86 valence electrons. The highest BCUT2D eigenvalue weighted by Crippen LogP contribution is 2.38. The monoisotopic (exact) mass is 229 g/mol. The van der Waals surface area contributed by atoms with Gasteiger partial charge in [0, 0.05) is 5.92 Å². The number of halogens is 3. The van der Waals surface area contributed by atoms with Gasteiger partial charge < -0.3 is 0 Å². The van der Waals surface area contributed by atoms with Crippen LogP contribution in [0.2, 0.25) is 0 Å². The van der Waals surface area contributed by atoms with E-state index in [0.29, 0.717) is 5.69 Å². The van der Waals surface area contributed by atoms with Gasteiger partial charge in [-0.3, -0.25) is 5.10 Å². The van der Waals surface area contributed by atoms with Crippen LogP contribution in [0.5, 0.6) is 0 Å². The first-order valence-corrected chi connectivity index (χ1v) is 5.09. The summed E-state index contributed by atoms with van der Waals surface area (Å²) < 4.78 is 37.5. The summed E-state index contributed by atoms with van der Waals surface area (Å²) in [6.45, 7) is 0. The van der Waals surface area contributed by atoms with Crippen molar-refractivity contribution in [3.05, 3.63) is 17.0 Å². The van der Waals surface area contributed by atoms with Crippen molar-refractivity contribution in [3.63, 3.8) is 0 Å². The molecule has 3 nitrogen and oxygen atoms in total. The Morgan fingerprint density at radius 3 is 2.44 bits per heavy atom. The summed E-state index contributed by atoms with van der Waals surface area (Å²) in [5.74, 6) is 0.0262. The molecule has 1 aliphatic rings. The van der Waals surface area contributed by atoms with E-state index < -0.39 is 11.9 Å². The van der Waals surface area contributed by atoms with Crippen molar-refractivity contribution in [3.8, 4) is 6.07 Å². The maximum absolute atomic E-state index is 12.5. The van der Waals surface area contributed by atoms with E-state index in [1.165, 1.54) is 0 Å². The van der Waals surface area contributed by atoms with E-state index in [1.54, 1.807) is 6.07 Å². The van der Waals surface area contributed by atoms with Gasteiger partial charge in [-0.05, 0) is 12.8 Å². The minimum atomic E-state index is -4.56. The summed E-state index contributed by atoms with van der Waals surface area (Å²) >= 11 is 0. The Bertz CT molecular complexity index is 421. The third-order valence-corrected chi connectivity index (χ3v) is 2.94. The molecule has 1 aliphatic carbocycles. The Morgan fingerprint density at radius 2 is 1.94 bits per heavy atom. The quantitative estimate of drug-likeness (QED) is 0.804. The zero-order valence-corrected chi connectivity index (χ0v) is 8.43. The van der Waals surface area contributed by atoms with Crippen LogP contribution >= 0.6 is 0 Å². The number of hydrogen-bond acceptors (Lipinski definition) is 2. The normalized spacial score (nSPS) is 17.6. The molecule has 0 atom stereocenters. The molecule has 0 unspecified atom stereocenters. The van der Waals surface area contributed by atoms with Gasteiger partial charge in [0.25, 0.3) is 0 Å². The summed E-state index contributed by atoms with van der Waals surface area (Å²) in [4.78, 5) is 0. The lowest BCUT2D eigenvalue weighted by molar-refractivity contribution is -0.141. The molecule has 1 aromatic rings. The number of rotatable bonds is 1. The van der Waals surface area contributed by atoms with Crippen molar-refractivity contribution in [2.45, 2.75) is 37.8 Å². The molecule has 1 heterocycles. The van der Waals surface area contributed by atoms with Crippen LogP contribution in [0.3, 0.4) is 0 Å². The summed E-state index contributed by atoms with van der Waals surface area (Å²) in [5, 5.41) is 14.4. The van der Waals surface area contributed by atoms with Gasteiger partial charge in [-0.25, -0.2) is 0 Å². The number of alkyl halides is 3. The van der Waals surface area contributed by atoms with E-state index in [2.05, 4.69) is 10.2 Å². The number of H-pyrrole nitrogens is 1. The highest BCUT2D eigenvalue weighted by atomic mass is 19.4. The van der Waals surface area contributed by atoms with Crippen LogP contribution in [0.25, 0.3) is 0 Å². The molecule has 6 heteroatoms. The molecule has 2 rings (SSSR count). The summed E-state index contributed by atoms with van der Waals surface area (Å²) in [5.41, 5.74) is -1.07. The number of aromatic amines is 1. The fourth-order valence-corrected chi connectivity index (χ4v) is 2.18. The van der Waals surface area contributed by atoms with Crippen LogP contribution < -0.4 is 0 Å². The molecule has 16 heavy (non-hydrogen) atoms. The van der Waals surface area contributed by atoms with Gasteiger partial charge in [0.05, 0.1) is 5.69 Å². The Labute approximate surface area is 90.3 Å². The lowest BCUT2D eigenvalue weighted by atomic mass is 9.99. The second-order valence-corrected chi connectivity index (χ2v) is 3.95. The average molecular weight is 229 g/mol. The molecular weight excluding hydrogens is 219 g/mol. The Hall–Kier alpha value is -1.51. The molecule has 1 N–H and O–H groups in total. The van der Waals surface area contributed by atoms with Gasteiger partial charge in [0.15, 0.2) is 5.69 Å². The SMILES string of the molecule is N#Cc1c(C(F)(F)F)n[nH]c1C1CCCC1. The first kappa shape index (κ1) is 11.0. The Balaban J connectivity index is 2.41. The minimum Gasteiger partial charge on any atom is -0.280 e. The molecule has 1 aromatic heterocycles. The van der Waals surface area contributed by atoms with Crippen LogP contribution in [0.1, 0.15) is 48.6 Å². The first-order chi connectivity index (χ1) is 7.54. The van der Waals surface area contributed by atoms with Crippen LogP contribution in [0.15, 0.2) is 0 Å². The van der Waals surface area contributed by atoms with E-state index in [4.69, 9.17) is 5.26 Å². The van der Waals surface area contributed by atoms with Gasteiger partial charge in [-0.15, -0.1) is 0 Å². The molecule has 1 fully saturated rings. The van der Waals surface area contributed by atoms with E-state index in [1.807, 2.05) is 0 Å². The van der Waals surface area contributed by atoms with Gasteiger partial charge in [-0.1, -0.05) is 12.8 Å². The average Bonchev–Trinajstić information content (AvgIpc) is 2.84. The third kappa shape index (κ3) is 1.77. The zero-order chi connectivity index (χ0) is 11.8. The van der Waals surface area contributed by atoms with Crippen LogP contribution in [0.4, 0.5) is 13.2 Å². The second-order valence-electron chi connectivity index (χ2n) is 3.95. The van der Waals surface area contributed by atoms with E-state index in [9.17, 15) is 13.2 Å². The largest absolute Gasteiger partial charge is 0.436 e. The highest BCUT2D eigenvalue weighted by molar-refractivity contribution is 5.41. The van der Waals surface area contributed by atoms with Gasteiger partial charge in [0.1, 0.15) is 11.6 Å². The molecule has 0 amide bonds. The maximum atomic E-state index is 12.5. The van der Waals surface area contributed by atoms with Gasteiger partial charge in [-0.2, -0.15) is 23.5 Å². The lowest BCUT2D eigenvalue weighted by Gasteiger charge is -2.06. The van der Waals surface area contributed by atoms with Gasteiger partial charge in [0.2, 0.25) is 0 Å². The summed E-state index contributed by atoms with van der Waals surface area (Å²) in [6.07, 6.45) is -0.910. The van der Waals surface area contributed by atoms with E-state index in [-0.39, 0.29) is 11.5 Å². The van der Waals surface area contributed by atoms with E-state index >= 15 is 0 Å². The van der Waals surface area contributed by atoms with Crippen LogP contribution in [-0.4, -0.2) is 10.2 Å². The fraction of sp³-hybridized carbons (Fsp3) is 0.600. The van der Waals surface area contributed by atoms with Crippen molar-refractivity contribution in [2.24, 2.45) is 0 Å². The van der Waals surface area contributed by atoms with Crippen molar-refractivity contribution < 1.29 is 13.2 Å². The Kier molecular flexibility index (Phi) is 2.62. The predicted molar refractivity (Wildman–Crippen MR) is 49.5 cm³/mol. The lowest BCUT2D eigenvalue weighted by Crippen LogP contribution is -2.08. The fourth-order valence-electron chi connectivity index (χ4n) is 2.18. The van der Waals surface area contributed by atoms with Crippen LogP contribution in [0, 0.1) is 11.3 Å². The molecule has 0 aromatic carbocycles. The molecule has 0 radical (unpaired) electrons. The number of nitriles is 1. The smallest absolute Gasteiger partial charge is 0.280 e. The molecular formula is C10H10F3N3. The Morgan fingerprint density at radius 1 is 1.31 bits per heavy atom. The molecule has 0 spiro atoms. The summed E-state index contributed by atoms with van der Waals surface area (Å²) in [6, 6.07) is 1.61. The van der Waals surface area contributed by atoms with Crippen molar-refractivity contribution in [1.29, 1.82) is 5.26 Å². The van der Waals surface area contributed by atoms with Gasteiger partial charge >= 0.3 is 6.18 Å². The zero-order valence-electron chi connectivity index (χ0n) is 8.43. The minimum absolute atomic E-state index is 0.0262. The summed E-state index contributed by atoms with van der Waals surface area (Å²) in [7, 11) is 0. The molecule has 0 aliphatic heterocycles. The number of hydrogen-bond donors (Lipinski definition) is 1. The van der Waals surface area contributed by atoms with Crippen LogP contribution in [-0.2, 0) is 6.18 Å². The van der Waals surface area contributed by atoms with Crippen molar-refractivity contribution in [2.75, 3.05) is 0 Å². The maximum Gasteiger partial charge on any atom is 0.436 e. The third-order valence-electron chi connectivity index (χ3n) is 2.94.